The van der Waals surface area contributed by atoms with Crippen molar-refractivity contribution in [3.8, 4) is 0 Å². The first-order valence-electron chi connectivity index (χ1n) is 7.93. The number of rotatable bonds is 2. The number of hydrogen-bond acceptors (Lipinski definition) is 3. The van der Waals surface area contributed by atoms with Gasteiger partial charge in [0, 0.05) is 28.7 Å². The van der Waals surface area contributed by atoms with Crippen molar-refractivity contribution in [2.45, 2.75) is 24.8 Å². The molecule has 0 atom stereocenters. The average molecular weight is 328 g/mol. The fraction of sp³-hybridized carbons (Fsp3) is 0.333. The van der Waals surface area contributed by atoms with Crippen molar-refractivity contribution in [1.29, 1.82) is 0 Å². The number of halogens is 1. The van der Waals surface area contributed by atoms with Gasteiger partial charge in [0.2, 0.25) is 5.91 Å². The number of pyridine rings is 1. The lowest BCUT2D eigenvalue weighted by Gasteiger charge is -2.33. The molecule has 4 rings (SSSR count). The van der Waals surface area contributed by atoms with Gasteiger partial charge in [-0.1, -0.05) is 23.7 Å². The number of aromatic nitrogens is 1. The molecule has 2 aromatic rings. The van der Waals surface area contributed by atoms with Crippen LogP contribution >= 0.6 is 11.6 Å². The molecule has 0 bridgehead atoms. The Morgan fingerprint density at radius 2 is 2.04 bits per heavy atom. The van der Waals surface area contributed by atoms with E-state index in [4.69, 9.17) is 11.6 Å². The number of carbonyl (C=O) groups excluding carboxylic acids is 1. The van der Waals surface area contributed by atoms with Gasteiger partial charge >= 0.3 is 0 Å². The second-order valence-electron chi connectivity index (χ2n) is 6.22. The summed E-state index contributed by atoms with van der Waals surface area (Å²) in [5, 5.41) is 4.05. The maximum absolute atomic E-state index is 13.3. The van der Waals surface area contributed by atoms with Crippen LogP contribution in [0.5, 0.6) is 0 Å². The van der Waals surface area contributed by atoms with Crippen molar-refractivity contribution in [3.05, 3.63) is 58.9 Å². The number of hydrogen-bond donors (Lipinski definition) is 1. The summed E-state index contributed by atoms with van der Waals surface area (Å²) >= 11 is 6.51. The Balaban J connectivity index is 1.80. The van der Waals surface area contributed by atoms with Crippen LogP contribution in [0.4, 0.5) is 5.69 Å². The van der Waals surface area contributed by atoms with Crippen molar-refractivity contribution in [2.75, 3.05) is 18.0 Å². The molecule has 1 aromatic carbocycles. The topological polar surface area (TPSA) is 45.2 Å². The van der Waals surface area contributed by atoms with E-state index in [-0.39, 0.29) is 5.91 Å². The van der Waals surface area contributed by atoms with E-state index in [0.29, 0.717) is 11.6 Å². The van der Waals surface area contributed by atoms with Gasteiger partial charge in [-0.2, -0.15) is 0 Å². The number of amides is 1. The highest BCUT2D eigenvalue weighted by Gasteiger charge is 2.52. The summed E-state index contributed by atoms with van der Waals surface area (Å²) < 4.78 is 0. The van der Waals surface area contributed by atoms with E-state index in [1.807, 2.05) is 41.4 Å². The summed E-state index contributed by atoms with van der Waals surface area (Å²) in [4.78, 5) is 19.3. The third-order valence-corrected chi connectivity index (χ3v) is 5.25. The van der Waals surface area contributed by atoms with Gasteiger partial charge in [0.25, 0.3) is 0 Å². The van der Waals surface area contributed by atoms with Crippen molar-refractivity contribution in [1.82, 2.24) is 10.3 Å². The van der Waals surface area contributed by atoms with Gasteiger partial charge in [0.05, 0.1) is 12.0 Å². The number of nitrogens with zero attached hydrogens (tertiary/aromatic N) is 2. The lowest BCUT2D eigenvalue weighted by Crippen LogP contribution is -2.47. The summed E-state index contributed by atoms with van der Waals surface area (Å²) in [6, 6.07) is 9.72. The average Bonchev–Trinajstić information content (AvgIpc) is 2.80. The summed E-state index contributed by atoms with van der Waals surface area (Å²) in [6.45, 7) is 2.23. The molecule has 0 saturated carbocycles. The number of anilines is 1. The van der Waals surface area contributed by atoms with Crippen molar-refractivity contribution in [2.24, 2.45) is 0 Å². The van der Waals surface area contributed by atoms with E-state index in [1.54, 1.807) is 6.20 Å². The van der Waals surface area contributed by atoms with Gasteiger partial charge in [-0.05, 0) is 49.7 Å². The van der Waals surface area contributed by atoms with Gasteiger partial charge in [-0.3, -0.25) is 9.78 Å². The van der Waals surface area contributed by atoms with Crippen molar-refractivity contribution in [3.63, 3.8) is 0 Å². The molecule has 1 N–H and O–H groups in total. The van der Waals surface area contributed by atoms with E-state index in [2.05, 4.69) is 10.3 Å². The Morgan fingerprint density at radius 1 is 1.22 bits per heavy atom. The molecule has 2 aliphatic rings. The van der Waals surface area contributed by atoms with Crippen LogP contribution in [-0.2, 0) is 16.8 Å². The second kappa shape index (κ2) is 5.62. The molecule has 0 radical (unpaired) electrons. The van der Waals surface area contributed by atoms with Gasteiger partial charge in [-0.15, -0.1) is 0 Å². The molecular weight excluding hydrogens is 310 g/mol. The zero-order valence-corrected chi connectivity index (χ0v) is 13.5. The predicted octanol–water partition coefficient (Wildman–Crippen LogP) is 2.90. The van der Waals surface area contributed by atoms with Crippen LogP contribution in [0.15, 0.2) is 42.7 Å². The van der Waals surface area contributed by atoms with Gasteiger partial charge in [-0.25, -0.2) is 0 Å². The van der Waals surface area contributed by atoms with Crippen LogP contribution in [0.2, 0.25) is 5.02 Å². The second-order valence-corrected chi connectivity index (χ2v) is 6.63. The van der Waals surface area contributed by atoms with Crippen LogP contribution < -0.4 is 10.2 Å². The van der Waals surface area contributed by atoms with Crippen LogP contribution in [0.3, 0.4) is 0 Å². The minimum atomic E-state index is -0.471. The number of carbonyl (C=O) groups is 1. The molecule has 1 amide bonds. The third kappa shape index (κ3) is 2.25. The molecule has 0 unspecified atom stereocenters. The number of fused-ring (bicyclic) bond motifs is 2. The minimum absolute atomic E-state index is 0.172. The Labute approximate surface area is 140 Å². The molecule has 1 saturated heterocycles. The number of piperidine rings is 1. The van der Waals surface area contributed by atoms with Crippen LogP contribution in [0.25, 0.3) is 0 Å². The van der Waals surface area contributed by atoms with Gasteiger partial charge < -0.3 is 10.2 Å². The zero-order valence-electron chi connectivity index (χ0n) is 12.8. The Hall–Kier alpha value is -1.91. The van der Waals surface area contributed by atoms with E-state index in [0.717, 1.165) is 42.7 Å². The van der Waals surface area contributed by atoms with Crippen molar-refractivity contribution >= 4 is 23.2 Å². The maximum atomic E-state index is 13.3. The quantitative estimate of drug-likeness (QED) is 0.922. The molecule has 5 heteroatoms. The first-order chi connectivity index (χ1) is 11.2. The molecule has 1 aromatic heterocycles. The molecule has 4 nitrogen and oxygen atoms in total. The molecule has 23 heavy (non-hydrogen) atoms. The van der Waals surface area contributed by atoms with Gasteiger partial charge in [0.1, 0.15) is 0 Å². The minimum Gasteiger partial charge on any atom is -0.317 e. The zero-order chi connectivity index (χ0) is 15.9. The van der Waals surface area contributed by atoms with Crippen LogP contribution in [-0.4, -0.2) is 24.0 Å². The SMILES string of the molecule is O=C1N(Cc2cccnc2)c2cccc(Cl)c2C12CCNCC2. The molecule has 2 aliphatic heterocycles. The molecular formula is C18H18ClN3O. The Morgan fingerprint density at radius 3 is 2.78 bits per heavy atom. The maximum Gasteiger partial charge on any atom is 0.238 e. The monoisotopic (exact) mass is 327 g/mol. The molecule has 1 spiro atoms. The van der Waals surface area contributed by atoms with E-state index >= 15 is 0 Å². The van der Waals surface area contributed by atoms with Crippen molar-refractivity contribution < 1.29 is 4.79 Å². The van der Waals surface area contributed by atoms with Crippen LogP contribution in [0.1, 0.15) is 24.0 Å². The highest BCUT2D eigenvalue weighted by molar-refractivity contribution is 6.33. The van der Waals surface area contributed by atoms with Crippen LogP contribution in [0, 0.1) is 0 Å². The summed E-state index contributed by atoms with van der Waals surface area (Å²) in [5.41, 5.74) is 2.52. The molecule has 0 aliphatic carbocycles. The number of benzene rings is 1. The standard InChI is InChI=1S/C18H18ClN3O/c19-14-4-1-5-15-16(14)18(6-9-20-10-7-18)17(23)22(15)12-13-3-2-8-21-11-13/h1-5,8,11,20H,6-7,9-10,12H2. The summed E-state index contributed by atoms with van der Waals surface area (Å²) in [7, 11) is 0. The van der Waals surface area contributed by atoms with Gasteiger partial charge in [0.15, 0.2) is 0 Å². The highest BCUT2D eigenvalue weighted by Crippen LogP contribution is 2.50. The molecule has 3 heterocycles. The normalized spacial score (nSPS) is 19.2. The third-order valence-electron chi connectivity index (χ3n) is 4.94. The summed E-state index contributed by atoms with van der Waals surface area (Å²) in [5.74, 6) is 0.172. The lowest BCUT2D eigenvalue weighted by molar-refractivity contribution is -0.124. The molecule has 1 fully saturated rings. The number of nitrogens with one attached hydrogen (secondary N) is 1. The first kappa shape index (κ1) is 14.7. The smallest absolute Gasteiger partial charge is 0.238 e. The highest BCUT2D eigenvalue weighted by atomic mass is 35.5. The molecule has 118 valence electrons. The van der Waals surface area contributed by atoms with E-state index in [9.17, 15) is 4.79 Å². The lowest BCUT2D eigenvalue weighted by atomic mass is 9.74. The van der Waals surface area contributed by atoms with E-state index in [1.165, 1.54) is 0 Å². The fourth-order valence-electron chi connectivity index (χ4n) is 3.83. The first-order valence-corrected chi connectivity index (χ1v) is 8.31. The van der Waals surface area contributed by atoms with E-state index < -0.39 is 5.41 Å². The Kier molecular flexibility index (Phi) is 3.58. The Bertz CT molecular complexity index is 741. The summed E-state index contributed by atoms with van der Waals surface area (Å²) in [6.07, 6.45) is 5.15. The largest absolute Gasteiger partial charge is 0.317 e. The fourth-order valence-corrected chi connectivity index (χ4v) is 4.19. The predicted molar refractivity (Wildman–Crippen MR) is 90.7 cm³/mol.